The molecule has 0 aliphatic heterocycles. The molecule has 0 saturated carbocycles. The highest BCUT2D eigenvalue weighted by Crippen LogP contribution is 2.21. The van der Waals surface area contributed by atoms with Crippen LogP contribution in [-0.2, 0) is 10.0 Å². The largest absolute Gasteiger partial charge is 0.360 e. The van der Waals surface area contributed by atoms with Crippen LogP contribution in [0.15, 0.2) is 39.8 Å². The molecular formula is C15H21N3O3S. The second-order valence-electron chi connectivity index (χ2n) is 5.40. The Morgan fingerprint density at radius 3 is 2.36 bits per heavy atom. The molecule has 2 aromatic rings. The monoisotopic (exact) mass is 323 g/mol. The van der Waals surface area contributed by atoms with Gasteiger partial charge in [0.05, 0.1) is 0 Å². The molecule has 1 aromatic carbocycles. The van der Waals surface area contributed by atoms with Crippen molar-refractivity contribution in [1.82, 2.24) is 14.8 Å². The van der Waals surface area contributed by atoms with Gasteiger partial charge in [-0.25, -0.2) is 13.1 Å². The van der Waals surface area contributed by atoms with E-state index in [2.05, 4.69) is 9.88 Å². The molecule has 1 N–H and O–H groups in total. The van der Waals surface area contributed by atoms with Crippen LogP contribution < -0.4 is 4.72 Å². The number of hydrogen-bond donors (Lipinski definition) is 1. The molecule has 0 aliphatic rings. The van der Waals surface area contributed by atoms with E-state index in [4.69, 9.17) is 4.52 Å². The number of nitrogens with one attached hydrogen (secondary N) is 1. The van der Waals surface area contributed by atoms with Crippen molar-refractivity contribution in [3.8, 4) is 0 Å². The molecule has 0 saturated heterocycles. The summed E-state index contributed by atoms with van der Waals surface area (Å²) in [7, 11) is 0.189. The van der Waals surface area contributed by atoms with Crippen LogP contribution >= 0.6 is 0 Å². The Morgan fingerprint density at radius 1 is 1.23 bits per heavy atom. The van der Waals surface area contributed by atoms with Crippen LogP contribution in [-0.4, -0.2) is 39.1 Å². The van der Waals surface area contributed by atoms with Crippen LogP contribution in [0.2, 0.25) is 0 Å². The molecular weight excluding hydrogens is 302 g/mol. The van der Waals surface area contributed by atoms with E-state index in [1.54, 1.807) is 13.8 Å². The zero-order valence-electron chi connectivity index (χ0n) is 13.2. The van der Waals surface area contributed by atoms with Gasteiger partial charge in [-0.3, -0.25) is 0 Å². The fourth-order valence-electron chi connectivity index (χ4n) is 2.39. The first-order chi connectivity index (χ1) is 10.3. The first-order valence-corrected chi connectivity index (χ1v) is 8.45. The molecule has 1 atom stereocenters. The summed E-state index contributed by atoms with van der Waals surface area (Å²) < 4.78 is 32.5. The molecule has 0 fully saturated rings. The van der Waals surface area contributed by atoms with Gasteiger partial charge in [0.25, 0.3) is 0 Å². The SMILES string of the molecule is Cc1noc(C)c1S(=O)(=O)NC[C@H](c1ccccc1)N(C)C. The summed E-state index contributed by atoms with van der Waals surface area (Å²) in [5, 5.41) is 3.70. The highest BCUT2D eigenvalue weighted by molar-refractivity contribution is 7.89. The molecule has 0 unspecified atom stereocenters. The summed E-state index contributed by atoms with van der Waals surface area (Å²) in [6, 6.07) is 9.72. The Labute approximate surface area is 131 Å². The number of nitrogens with zero attached hydrogens (tertiary/aromatic N) is 2. The second kappa shape index (κ2) is 6.60. The van der Waals surface area contributed by atoms with Crippen molar-refractivity contribution in [1.29, 1.82) is 0 Å². The van der Waals surface area contributed by atoms with Crippen molar-refractivity contribution in [2.75, 3.05) is 20.6 Å². The van der Waals surface area contributed by atoms with E-state index in [1.807, 2.05) is 49.3 Å². The zero-order chi connectivity index (χ0) is 16.3. The van der Waals surface area contributed by atoms with Crippen LogP contribution in [0.3, 0.4) is 0 Å². The average molecular weight is 323 g/mol. The van der Waals surface area contributed by atoms with E-state index in [0.717, 1.165) is 5.56 Å². The smallest absolute Gasteiger partial charge is 0.246 e. The minimum absolute atomic E-state index is 0.0588. The average Bonchev–Trinajstić information content (AvgIpc) is 2.79. The minimum Gasteiger partial charge on any atom is -0.360 e. The van der Waals surface area contributed by atoms with Gasteiger partial charge in [-0.15, -0.1) is 0 Å². The predicted molar refractivity (Wildman–Crippen MR) is 84.0 cm³/mol. The lowest BCUT2D eigenvalue weighted by atomic mass is 10.1. The highest BCUT2D eigenvalue weighted by atomic mass is 32.2. The van der Waals surface area contributed by atoms with Crippen molar-refractivity contribution in [3.05, 3.63) is 47.3 Å². The molecule has 0 radical (unpaired) electrons. The topological polar surface area (TPSA) is 75.4 Å². The number of rotatable bonds is 6. The second-order valence-corrected chi connectivity index (χ2v) is 7.10. The number of aryl methyl sites for hydroxylation is 2. The first-order valence-electron chi connectivity index (χ1n) is 6.97. The standard InChI is InChI=1S/C15H21N3O3S/c1-11-15(12(2)21-17-11)22(19,20)16-10-14(18(3)4)13-8-6-5-7-9-13/h5-9,14,16H,10H2,1-4H3/t14-/m1/s1. The summed E-state index contributed by atoms with van der Waals surface area (Å²) in [5.74, 6) is 0.297. The maximum Gasteiger partial charge on any atom is 0.246 e. The molecule has 120 valence electrons. The van der Waals surface area contributed by atoms with Crippen molar-refractivity contribution in [2.24, 2.45) is 0 Å². The van der Waals surface area contributed by atoms with Crippen LogP contribution in [0.4, 0.5) is 0 Å². The Hall–Kier alpha value is -1.70. The number of sulfonamides is 1. The Kier molecular flexibility index (Phi) is 5.00. The molecule has 2 rings (SSSR count). The molecule has 22 heavy (non-hydrogen) atoms. The predicted octanol–water partition coefficient (Wildman–Crippen LogP) is 1.87. The third kappa shape index (κ3) is 3.55. The third-order valence-corrected chi connectivity index (χ3v) is 5.18. The van der Waals surface area contributed by atoms with Gasteiger partial charge in [0.1, 0.15) is 10.6 Å². The van der Waals surface area contributed by atoms with E-state index in [-0.39, 0.29) is 17.5 Å². The van der Waals surface area contributed by atoms with Crippen LogP contribution in [0, 0.1) is 13.8 Å². The fraction of sp³-hybridized carbons (Fsp3) is 0.400. The molecule has 0 aliphatic carbocycles. The van der Waals surface area contributed by atoms with Gasteiger partial charge >= 0.3 is 0 Å². The lowest BCUT2D eigenvalue weighted by Crippen LogP contribution is -2.34. The highest BCUT2D eigenvalue weighted by Gasteiger charge is 2.25. The van der Waals surface area contributed by atoms with E-state index in [9.17, 15) is 8.42 Å². The summed E-state index contributed by atoms with van der Waals surface area (Å²) in [4.78, 5) is 2.10. The van der Waals surface area contributed by atoms with Gasteiger partial charge < -0.3 is 9.42 Å². The Morgan fingerprint density at radius 2 is 1.86 bits per heavy atom. The lowest BCUT2D eigenvalue weighted by molar-refractivity contribution is 0.299. The maximum atomic E-state index is 12.5. The molecule has 6 nitrogen and oxygen atoms in total. The molecule has 0 bridgehead atoms. The Bertz CT molecular complexity index is 704. The van der Waals surface area contributed by atoms with Crippen molar-refractivity contribution >= 4 is 10.0 Å². The minimum atomic E-state index is -3.65. The van der Waals surface area contributed by atoms with Crippen LogP contribution in [0.1, 0.15) is 23.1 Å². The first kappa shape index (κ1) is 16.7. The maximum absolute atomic E-state index is 12.5. The van der Waals surface area contributed by atoms with Gasteiger partial charge in [-0.2, -0.15) is 0 Å². The molecule has 1 aromatic heterocycles. The van der Waals surface area contributed by atoms with E-state index in [0.29, 0.717) is 11.5 Å². The fourth-order valence-corrected chi connectivity index (χ4v) is 3.76. The normalized spacial score (nSPS) is 13.5. The van der Waals surface area contributed by atoms with Crippen molar-refractivity contribution < 1.29 is 12.9 Å². The molecule has 0 spiro atoms. The quantitative estimate of drug-likeness (QED) is 0.878. The van der Waals surface area contributed by atoms with Gasteiger partial charge in [0, 0.05) is 12.6 Å². The molecule has 7 heteroatoms. The van der Waals surface area contributed by atoms with Gasteiger partial charge in [0.15, 0.2) is 5.76 Å². The summed E-state index contributed by atoms with van der Waals surface area (Å²) >= 11 is 0. The molecule has 1 heterocycles. The van der Waals surface area contributed by atoms with Gasteiger partial charge in [-0.05, 0) is 33.5 Å². The summed E-state index contributed by atoms with van der Waals surface area (Å²) in [5.41, 5.74) is 1.42. The van der Waals surface area contributed by atoms with Crippen LogP contribution in [0.25, 0.3) is 0 Å². The van der Waals surface area contributed by atoms with E-state index >= 15 is 0 Å². The number of benzene rings is 1. The van der Waals surface area contributed by atoms with E-state index in [1.165, 1.54) is 0 Å². The van der Waals surface area contributed by atoms with Crippen LogP contribution in [0.5, 0.6) is 0 Å². The number of likely N-dealkylation sites (N-methyl/N-ethyl adjacent to an activating group) is 1. The number of aromatic nitrogens is 1. The van der Waals surface area contributed by atoms with Crippen molar-refractivity contribution in [3.63, 3.8) is 0 Å². The van der Waals surface area contributed by atoms with Crippen molar-refractivity contribution in [2.45, 2.75) is 24.8 Å². The lowest BCUT2D eigenvalue weighted by Gasteiger charge is -2.25. The summed E-state index contributed by atoms with van der Waals surface area (Å²) in [6.45, 7) is 3.48. The Balaban J connectivity index is 2.20. The third-order valence-electron chi connectivity index (χ3n) is 3.51. The van der Waals surface area contributed by atoms with E-state index < -0.39 is 10.0 Å². The zero-order valence-corrected chi connectivity index (χ0v) is 14.0. The van der Waals surface area contributed by atoms with Gasteiger partial charge in [0.2, 0.25) is 10.0 Å². The summed E-state index contributed by atoms with van der Waals surface area (Å²) in [6.07, 6.45) is 0. The molecule has 0 amide bonds. The number of hydrogen-bond acceptors (Lipinski definition) is 5. The van der Waals surface area contributed by atoms with Gasteiger partial charge in [-0.1, -0.05) is 35.5 Å².